The van der Waals surface area contributed by atoms with E-state index in [4.69, 9.17) is 10.7 Å². The van der Waals surface area contributed by atoms with Crippen LogP contribution >= 0.6 is 10.7 Å². The van der Waals surface area contributed by atoms with Gasteiger partial charge in [0.2, 0.25) is 0 Å². The number of aromatic nitrogens is 1. The van der Waals surface area contributed by atoms with Crippen LogP contribution in [0.25, 0.3) is 0 Å². The van der Waals surface area contributed by atoms with Crippen LogP contribution in [0.5, 0.6) is 0 Å². The molecule has 0 aliphatic heterocycles. The molecule has 0 aliphatic carbocycles. The molecule has 1 aromatic rings. The summed E-state index contributed by atoms with van der Waals surface area (Å²) >= 11 is 0. The lowest BCUT2D eigenvalue weighted by atomic mass is 10.2. The highest BCUT2D eigenvalue weighted by atomic mass is 35.7. The van der Waals surface area contributed by atoms with Crippen LogP contribution in [-0.4, -0.2) is 41.2 Å². The zero-order chi connectivity index (χ0) is 16.2. The van der Waals surface area contributed by atoms with E-state index in [9.17, 15) is 17.4 Å². The van der Waals surface area contributed by atoms with E-state index in [-0.39, 0.29) is 22.5 Å². The molecule has 9 heteroatoms. The van der Waals surface area contributed by atoms with Gasteiger partial charge >= 0.3 is 0 Å². The fourth-order valence-corrected chi connectivity index (χ4v) is 3.23. The Morgan fingerprint density at radius 3 is 2.62 bits per heavy atom. The highest BCUT2D eigenvalue weighted by molar-refractivity contribution is 8.13. The van der Waals surface area contributed by atoms with Gasteiger partial charge in [-0.3, -0.25) is 9.00 Å². The van der Waals surface area contributed by atoms with E-state index in [1.54, 1.807) is 13.2 Å². The first-order valence-corrected chi connectivity index (χ1v) is 10.4. The van der Waals surface area contributed by atoms with Crippen molar-refractivity contribution in [3.8, 4) is 0 Å². The molecule has 0 bridgehead atoms. The van der Waals surface area contributed by atoms with Crippen LogP contribution in [0.1, 0.15) is 30.8 Å². The number of nitrogens with one attached hydrogen (secondary N) is 1. The summed E-state index contributed by atoms with van der Waals surface area (Å²) in [5.74, 6) is 0.121. The molecule has 1 rings (SSSR count). The van der Waals surface area contributed by atoms with Crippen LogP contribution < -0.4 is 5.32 Å². The van der Waals surface area contributed by atoms with Crippen LogP contribution in [0.15, 0.2) is 17.2 Å². The van der Waals surface area contributed by atoms with Gasteiger partial charge in [0.15, 0.2) is 0 Å². The number of carbonyl (C=O) groups is 1. The lowest BCUT2D eigenvalue weighted by Gasteiger charge is -2.14. The minimum Gasteiger partial charge on any atom is -0.348 e. The zero-order valence-electron chi connectivity index (χ0n) is 12.1. The maximum atomic E-state index is 12.2. The van der Waals surface area contributed by atoms with Crippen molar-refractivity contribution >= 4 is 36.4 Å². The number of hydrogen-bond donors (Lipinski definition) is 1. The monoisotopic (exact) mass is 354 g/mol. The SMILES string of the molecule is CCn1cc(S(=O)(=O)Cl)cc1C(=O)NC(C)CCS(C)=O. The van der Waals surface area contributed by atoms with Gasteiger partial charge in [-0.15, -0.1) is 0 Å². The first kappa shape index (κ1) is 18.2. The average molecular weight is 355 g/mol. The van der Waals surface area contributed by atoms with Crippen LogP contribution in [0.2, 0.25) is 0 Å². The zero-order valence-corrected chi connectivity index (χ0v) is 14.5. The van der Waals surface area contributed by atoms with Crippen molar-refractivity contribution in [2.45, 2.75) is 37.8 Å². The van der Waals surface area contributed by atoms with E-state index in [2.05, 4.69) is 5.32 Å². The number of carbonyl (C=O) groups excluding carboxylic acids is 1. The molecule has 1 amide bonds. The first-order chi connectivity index (χ1) is 9.65. The lowest BCUT2D eigenvalue weighted by Crippen LogP contribution is -2.34. The first-order valence-electron chi connectivity index (χ1n) is 6.40. The summed E-state index contributed by atoms with van der Waals surface area (Å²) in [6, 6.07) is 1.10. The summed E-state index contributed by atoms with van der Waals surface area (Å²) in [5, 5.41) is 2.76. The molecule has 0 aliphatic rings. The standard InChI is InChI=1S/C12H19ClN2O4S2/c1-4-15-8-10(21(13,18)19)7-11(15)12(16)14-9(2)5-6-20(3)17/h7-9H,4-6H2,1-3H3,(H,14,16). The summed E-state index contributed by atoms with van der Waals surface area (Å²) in [7, 11) is 0.510. The van der Waals surface area contributed by atoms with Gasteiger partial charge in [-0.2, -0.15) is 0 Å². The molecule has 1 aromatic heterocycles. The molecule has 2 atom stereocenters. The summed E-state index contributed by atoms with van der Waals surface area (Å²) in [4.78, 5) is 12.1. The van der Waals surface area contributed by atoms with E-state index in [1.165, 1.54) is 16.8 Å². The van der Waals surface area contributed by atoms with Crippen LogP contribution in [0.3, 0.4) is 0 Å². The number of hydrogen-bond acceptors (Lipinski definition) is 4. The van der Waals surface area contributed by atoms with E-state index >= 15 is 0 Å². The van der Waals surface area contributed by atoms with Crippen molar-refractivity contribution in [2.24, 2.45) is 0 Å². The van der Waals surface area contributed by atoms with Crippen molar-refractivity contribution < 1.29 is 17.4 Å². The van der Waals surface area contributed by atoms with Crippen LogP contribution in [0, 0.1) is 0 Å². The Kier molecular flexibility index (Phi) is 6.42. The molecule has 1 N–H and O–H groups in total. The molecule has 0 aromatic carbocycles. The highest BCUT2D eigenvalue weighted by Gasteiger charge is 2.20. The van der Waals surface area contributed by atoms with Gasteiger partial charge in [0, 0.05) is 52.3 Å². The average Bonchev–Trinajstić information content (AvgIpc) is 2.80. The van der Waals surface area contributed by atoms with Gasteiger partial charge in [-0.25, -0.2) is 8.42 Å². The van der Waals surface area contributed by atoms with Gasteiger partial charge in [0.25, 0.3) is 15.0 Å². The molecule has 1 heterocycles. The second-order valence-corrected chi connectivity index (χ2v) is 8.85. The predicted molar refractivity (Wildman–Crippen MR) is 83.6 cm³/mol. The normalized spacial score (nSPS) is 14.7. The minimum absolute atomic E-state index is 0.0986. The number of amides is 1. The molecule has 0 radical (unpaired) electrons. The van der Waals surface area contributed by atoms with Gasteiger partial charge in [-0.05, 0) is 26.3 Å². The molecular weight excluding hydrogens is 336 g/mol. The van der Waals surface area contributed by atoms with Crippen molar-refractivity contribution in [1.29, 1.82) is 0 Å². The third-order valence-corrected chi connectivity index (χ3v) is 5.07. The van der Waals surface area contributed by atoms with Crippen molar-refractivity contribution in [1.82, 2.24) is 9.88 Å². The maximum Gasteiger partial charge on any atom is 0.268 e. The second-order valence-electron chi connectivity index (χ2n) is 4.73. The van der Waals surface area contributed by atoms with Crippen molar-refractivity contribution in [3.63, 3.8) is 0 Å². The molecule has 0 saturated heterocycles. The van der Waals surface area contributed by atoms with Crippen molar-refractivity contribution in [2.75, 3.05) is 12.0 Å². The number of rotatable bonds is 7. The Morgan fingerprint density at radius 2 is 2.14 bits per heavy atom. The molecule has 0 saturated carbocycles. The summed E-state index contributed by atoms with van der Waals surface area (Å²) in [6.45, 7) is 4.05. The molecule has 6 nitrogen and oxygen atoms in total. The van der Waals surface area contributed by atoms with E-state index in [1.807, 2.05) is 6.92 Å². The smallest absolute Gasteiger partial charge is 0.268 e. The molecule has 0 spiro atoms. The highest BCUT2D eigenvalue weighted by Crippen LogP contribution is 2.18. The number of halogens is 1. The van der Waals surface area contributed by atoms with Crippen LogP contribution in [-0.2, 0) is 26.4 Å². The van der Waals surface area contributed by atoms with E-state index < -0.39 is 19.9 Å². The largest absolute Gasteiger partial charge is 0.348 e. The third-order valence-electron chi connectivity index (χ3n) is 2.94. The van der Waals surface area contributed by atoms with Gasteiger partial charge in [-0.1, -0.05) is 0 Å². The van der Waals surface area contributed by atoms with Gasteiger partial charge in [0.1, 0.15) is 10.6 Å². The quantitative estimate of drug-likeness (QED) is 0.748. The molecule has 120 valence electrons. The maximum absolute atomic E-state index is 12.2. The van der Waals surface area contributed by atoms with Gasteiger partial charge in [0.05, 0.1) is 0 Å². The Morgan fingerprint density at radius 1 is 1.52 bits per heavy atom. The summed E-state index contributed by atoms with van der Waals surface area (Å²) in [6.07, 6.45) is 3.53. The Balaban J connectivity index is 2.87. The number of nitrogens with zero attached hydrogens (tertiary/aromatic N) is 1. The molecule has 0 fully saturated rings. The topological polar surface area (TPSA) is 85.2 Å². The predicted octanol–water partition coefficient (Wildman–Crippen LogP) is 1.32. The molecule has 2 unspecified atom stereocenters. The molecule has 21 heavy (non-hydrogen) atoms. The number of aryl methyl sites for hydroxylation is 1. The fraction of sp³-hybridized carbons (Fsp3) is 0.583. The van der Waals surface area contributed by atoms with Crippen molar-refractivity contribution in [3.05, 3.63) is 18.0 Å². The fourth-order valence-electron chi connectivity index (χ4n) is 1.78. The van der Waals surface area contributed by atoms with E-state index in [0.717, 1.165) is 0 Å². The molecular formula is C12H19ClN2O4S2. The Labute approximate surface area is 131 Å². The van der Waals surface area contributed by atoms with Crippen LogP contribution in [0.4, 0.5) is 0 Å². The Bertz CT molecular complexity index is 640. The summed E-state index contributed by atoms with van der Waals surface area (Å²) in [5.41, 5.74) is 0.237. The Hall–Kier alpha value is -0.860. The summed E-state index contributed by atoms with van der Waals surface area (Å²) < 4.78 is 35.2. The minimum atomic E-state index is -3.87. The van der Waals surface area contributed by atoms with E-state index in [0.29, 0.717) is 18.7 Å². The second kappa shape index (κ2) is 7.42. The third kappa shape index (κ3) is 5.44. The van der Waals surface area contributed by atoms with Gasteiger partial charge < -0.3 is 9.88 Å². The lowest BCUT2D eigenvalue weighted by molar-refractivity contribution is 0.0930.